The van der Waals surface area contributed by atoms with E-state index in [2.05, 4.69) is 15.5 Å². The van der Waals surface area contributed by atoms with Crippen LogP contribution in [0.15, 0.2) is 30.5 Å². The molecule has 1 unspecified atom stereocenters. The van der Waals surface area contributed by atoms with Gasteiger partial charge in [0.25, 0.3) is 5.91 Å². The average molecular weight is 386 g/mol. The van der Waals surface area contributed by atoms with Gasteiger partial charge in [0.2, 0.25) is 0 Å². The Kier molecular flexibility index (Phi) is 5.37. The first-order valence-corrected chi connectivity index (χ1v) is 9.23. The number of halogens is 1. The second-order valence-electron chi connectivity index (χ2n) is 6.84. The van der Waals surface area contributed by atoms with Crippen molar-refractivity contribution in [1.82, 2.24) is 24.9 Å². The molecule has 0 aliphatic heterocycles. The van der Waals surface area contributed by atoms with E-state index in [9.17, 15) is 4.79 Å². The quantitative estimate of drug-likeness (QED) is 0.727. The minimum Gasteiger partial charge on any atom is -0.345 e. The molecule has 1 N–H and O–H groups in total. The molecule has 0 radical (unpaired) electrons. The van der Waals surface area contributed by atoms with Crippen molar-refractivity contribution in [3.05, 3.63) is 69.3 Å². The molecule has 0 bridgehead atoms. The van der Waals surface area contributed by atoms with Gasteiger partial charge >= 0.3 is 0 Å². The molecular formula is C20H24ClN5O. The van der Waals surface area contributed by atoms with Gasteiger partial charge in [-0.05, 0) is 45.4 Å². The van der Waals surface area contributed by atoms with E-state index < -0.39 is 0 Å². The first-order chi connectivity index (χ1) is 12.8. The molecule has 3 rings (SSSR count). The topological polar surface area (TPSA) is 64.7 Å². The highest BCUT2D eigenvalue weighted by molar-refractivity contribution is 6.31. The van der Waals surface area contributed by atoms with Gasteiger partial charge in [-0.2, -0.15) is 10.2 Å². The van der Waals surface area contributed by atoms with Crippen LogP contribution in [0.1, 0.15) is 51.5 Å². The molecule has 1 aromatic carbocycles. The summed E-state index contributed by atoms with van der Waals surface area (Å²) >= 11 is 6.20. The summed E-state index contributed by atoms with van der Waals surface area (Å²) in [5.74, 6) is -0.105. The third kappa shape index (κ3) is 3.90. The Hall–Kier alpha value is -2.60. The summed E-state index contributed by atoms with van der Waals surface area (Å²) in [6, 6.07) is 7.45. The molecule has 0 spiro atoms. The highest BCUT2D eigenvalue weighted by atomic mass is 35.5. The van der Waals surface area contributed by atoms with Gasteiger partial charge in [-0.1, -0.05) is 23.7 Å². The highest BCUT2D eigenvalue weighted by Crippen LogP contribution is 2.20. The standard InChI is InChI=1S/C20H24ClN5O/c1-12(18-10-22-25(5)14(18)3)23-20(27)17-8-6-16(7-9-17)11-26-15(4)19(21)13(2)24-26/h6-10,12H,11H2,1-5H3,(H,23,27). The van der Waals surface area contributed by atoms with E-state index in [4.69, 9.17) is 11.6 Å². The van der Waals surface area contributed by atoms with Gasteiger partial charge in [-0.15, -0.1) is 0 Å². The zero-order valence-corrected chi connectivity index (χ0v) is 17.0. The van der Waals surface area contributed by atoms with E-state index in [1.165, 1.54) is 0 Å². The zero-order valence-electron chi connectivity index (χ0n) is 16.2. The molecule has 2 aromatic heterocycles. The van der Waals surface area contributed by atoms with Gasteiger partial charge in [0.15, 0.2) is 0 Å². The summed E-state index contributed by atoms with van der Waals surface area (Å²) in [5, 5.41) is 12.4. The zero-order chi connectivity index (χ0) is 19.7. The molecule has 1 atom stereocenters. The van der Waals surface area contributed by atoms with Gasteiger partial charge in [-0.3, -0.25) is 14.2 Å². The molecule has 6 nitrogen and oxygen atoms in total. The lowest BCUT2D eigenvalue weighted by Gasteiger charge is -2.14. The van der Waals surface area contributed by atoms with E-state index in [0.29, 0.717) is 17.1 Å². The van der Waals surface area contributed by atoms with Crippen molar-refractivity contribution in [2.45, 2.75) is 40.3 Å². The van der Waals surface area contributed by atoms with Gasteiger partial charge in [0.05, 0.1) is 35.2 Å². The summed E-state index contributed by atoms with van der Waals surface area (Å²) in [6.45, 7) is 8.41. The van der Waals surface area contributed by atoms with Crippen molar-refractivity contribution in [2.24, 2.45) is 7.05 Å². The maximum Gasteiger partial charge on any atom is 0.251 e. The molecule has 0 aliphatic rings. The van der Waals surface area contributed by atoms with E-state index in [1.807, 2.05) is 63.7 Å². The molecular weight excluding hydrogens is 362 g/mol. The average Bonchev–Trinajstić information content (AvgIpc) is 3.10. The van der Waals surface area contributed by atoms with Crippen LogP contribution in [0, 0.1) is 20.8 Å². The van der Waals surface area contributed by atoms with Crippen LogP contribution in [-0.2, 0) is 13.6 Å². The number of rotatable bonds is 5. The molecule has 1 amide bonds. The van der Waals surface area contributed by atoms with E-state index in [1.54, 1.807) is 10.9 Å². The van der Waals surface area contributed by atoms with Crippen molar-refractivity contribution < 1.29 is 4.79 Å². The number of nitrogens with zero attached hydrogens (tertiary/aromatic N) is 4. The Morgan fingerprint density at radius 1 is 1.19 bits per heavy atom. The number of carbonyl (C=O) groups is 1. The molecule has 3 aromatic rings. The number of carbonyl (C=O) groups excluding carboxylic acids is 1. The van der Waals surface area contributed by atoms with Crippen LogP contribution >= 0.6 is 11.6 Å². The first kappa shape index (κ1) is 19.2. The minimum atomic E-state index is -0.109. The van der Waals surface area contributed by atoms with E-state index in [-0.39, 0.29) is 11.9 Å². The van der Waals surface area contributed by atoms with Crippen LogP contribution in [0.5, 0.6) is 0 Å². The van der Waals surface area contributed by atoms with Crippen molar-refractivity contribution in [1.29, 1.82) is 0 Å². The van der Waals surface area contributed by atoms with Crippen LogP contribution in [0.3, 0.4) is 0 Å². The second kappa shape index (κ2) is 7.56. The number of nitrogens with one attached hydrogen (secondary N) is 1. The molecule has 7 heteroatoms. The minimum absolute atomic E-state index is 0.105. The van der Waals surface area contributed by atoms with Crippen molar-refractivity contribution >= 4 is 17.5 Å². The molecule has 0 saturated heterocycles. The maximum atomic E-state index is 12.5. The number of benzene rings is 1. The molecule has 2 heterocycles. The van der Waals surface area contributed by atoms with E-state index >= 15 is 0 Å². The number of amides is 1. The largest absolute Gasteiger partial charge is 0.345 e. The van der Waals surface area contributed by atoms with E-state index in [0.717, 1.165) is 28.2 Å². The molecule has 0 aliphatic carbocycles. The van der Waals surface area contributed by atoms with Crippen LogP contribution in [0.4, 0.5) is 0 Å². The summed E-state index contributed by atoms with van der Waals surface area (Å²) in [4.78, 5) is 12.5. The maximum absolute atomic E-state index is 12.5. The molecule has 142 valence electrons. The Morgan fingerprint density at radius 2 is 1.85 bits per heavy atom. The van der Waals surface area contributed by atoms with Gasteiger partial charge < -0.3 is 5.32 Å². The van der Waals surface area contributed by atoms with Gasteiger partial charge in [-0.25, -0.2) is 0 Å². The summed E-state index contributed by atoms with van der Waals surface area (Å²) < 4.78 is 3.68. The first-order valence-electron chi connectivity index (χ1n) is 8.85. The van der Waals surface area contributed by atoms with Crippen molar-refractivity contribution in [3.63, 3.8) is 0 Å². The third-order valence-electron chi connectivity index (χ3n) is 4.93. The Morgan fingerprint density at radius 3 is 2.37 bits per heavy atom. The van der Waals surface area contributed by atoms with Crippen LogP contribution in [0.25, 0.3) is 0 Å². The smallest absolute Gasteiger partial charge is 0.251 e. The fourth-order valence-electron chi connectivity index (χ4n) is 3.06. The molecule has 27 heavy (non-hydrogen) atoms. The van der Waals surface area contributed by atoms with Crippen LogP contribution < -0.4 is 5.32 Å². The van der Waals surface area contributed by atoms with Crippen molar-refractivity contribution in [3.8, 4) is 0 Å². The Bertz CT molecular complexity index is 971. The monoisotopic (exact) mass is 385 g/mol. The number of hydrogen-bond donors (Lipinski definition) is 1. The molecule has 0 saturated carbocycles. The fourth-order valence-corrected chi connectivity index (χ4v) is 3.20. The Balaban J connectivity index is 1.68. The number of hydrogen-bond acceptors (Lipinski definition) is 3. The van der Waals surface area contributed by atoms with Gasteiger partial charge in [0, 0.05) is 23.9 Å². The predicted octanol–water partition coefficient (Wildman–Crippen LogP) is 3.73. The highest BCUT2D eigenvalue weighted by Gasteiger charge is 2.16. The fraction of sp³-hybridized carbons (Fsp3) is 0.350. The number of aromatic nitrogens is 4. The molecule has 0 fully saturated rings. The lowest BCUT2D eigenvalue weighted by molar-refractivity contribution is 0.0940. The lowest BCUT2D eigenvalue weighted by atomic mass is 10.1. The summed E-state index contributed by atoms with van der Waals surface area (Å²) in [7, 11) is 1.89. The second-order valence-corrected chi connectivity index (χ2v) is 7.22. The predicted molar refractivity (Wildman–Crippen MR) is 106 cm³/mol. The lowest BCUT2D eigenvalue weighted by Crippen LogP contribution is -2.27. The summed E-state index contributed by atoms with van der Waals surface area (Å²) in [5.41, 5.74) is 5.51. The number of aryl methyl sites for hydroxylation is 2. The summed E-state index contributed by atoms with van der Waals surface area (Å²) in [6.07, 6.45) is 1.79. The van der Waals surface area contributed by atoms with Gasteiger partial charge in [0.1, 0.15) is 0 Å². The SMILES string of the molecule is Cc1nn(Cc2ccc(C(=O)NC(C)c3cnn(C)c3C)cc2)c(C)c1Cl. The van der Waals surface area contributed by atoms with Crippen LogP contribution in [0.2, 0.25) is 5.02 Å². The van der Waals surface area contributed by atoms with Crippen molar-refractivity contribution in [2.75, 3.05) is 0 Å². The third-order valence-corrected chi connectivity index (χ3v) is 5.48. The van der Waals surface area contributed by atoms with Crippen LogP contribution in [-0.4, -0.2) is 25.5 Å². The normalized spacial score (nSPS) is 12.2. The Labute approximate surface area is 164 Å².